The molecule has 0 bridgehead atoms. The van der Waals surface area contributed by atoms with E-state index in [0.717, 1.165) is 4.77 Å². The molecule has 1 heterocycles. The third-order valence-corrected chi connectivity index (χ3v) is 4.11. The lowest BCUT2D eigenvalue weighted by molar-refractivity contribution is 0.129. The van der Waals surface area contributed by atoms with Crippen LogP contribution in [0.1, 0.15) is 58.1 Å². The fourth-order valence-electron chi connectivity index (χ4n) is 2.62. The van der Waals surface area contributed by atoms with Gasteiger partial charge in [0.25, 0.3) is 0 Å². The minimum absolute atomic E-state index is 0.330. The Hall–Kier alpha value is -0.570. The zero-order valence-corrected chi connectivity index (χ0v) is 10.7. The fourth-order valence-corrected chi connectivity index (χ4v) is 2.97. The number of rotatable bonds is 3. The van der Waals surface area contributed by atoms with Gasteiger partial charge in [-0.05, 0) is 43.8 Å². The Labute approximate surface area is 96.7 Å². The third-order valence-electron chi connectivity index (χ3n) is 3.81. The third kappa shape index (κ3) is 1.57. The summed E-state index contributed by atoms with van der Waals surface area (Å²) in [7, 11) is 0. The van der Waals surface area contributed by atoms with Crippen LogP contribution in [0.3, 0.4) is 0 Å². The molecule has 15 heavy (non-hydrogen) atoms. The quantitative estimate of drug-likeness (QED) is 0.771. The molecule has 1 aliphatic rings. The highest BCUT2D eigenvalue weighted by Gasteiger charge is 2.38. The number of H-pyrrole nitrogens is 1. The van der Waals surface area contributed by atoms with Gasteiger partial charge in [0.15, 0.2) is 4.77 Å². The lowest BCUT2D eigenvalue weighted by Crippen LogP contribution is -2.41. The van der Waals surface area contributed by atoms with Gasteiger partial charge in [-0.15, -0.1) is 0 Å². The Balaban J connectivity index is 2.50. The summed E-state index contributed by atoms with van der Waals surface area (Å²) >= 11 is 5.41. The molecule has 1 fully saturated rings. The zero-order valence-electron chi connectivity index (χ0n) is 9.84. The van der Waals surface area contributed by atoms with E-state index < -0.39 is 0 Å². The molecule has 0 spiro atoms. The lowest BCUT2D eigenvalue weighted by Gasteiger charge is -2.44. The van der Waals surface area contributed by atoms with Crippen LogP contribution in [0.2, 0.25) is 0 Å². The standard InChI is InChI=1S/C12H20N2S/c1-4-12(6-5-7-12)14-10(9(2)3)8-13-11(14)15/h8-9H,4-7H2,1-3H3,(H,13,15). The van der Waals surface area contributed by atoms with Gasteiger partial charge in [0.2, 0.25) is 0 Å². The average Bonchev–Trinajstić information content (AvgIpc) is 2.48. The SMILES string of the molecule is CCC1(n2c(C(C)C)c[nH]c2=S)CCC1. The number of nitrogens with zero attached hydrogens (tertiary/aromatic N) is 1. The predicted molar refractivity (Wildman–Crippen MR) is 65.8 cm³/mol. The molecule has 0 atom stereocenters. The van der Waals surface area contributed by atoms with Crippen molar-refractivity contribution in [3.63, 3.8) is 0 Å². The minimum Gasteiger partial charge on any atom is -0.337 e. The molecule has 0 saturated heterocycles. The van der Waals surface area contributed by atoms with Crippen molar-refractivity contribution in [1.82, 2.24) is 9.55 Å². The van der Waals surface area contributed by atoms with Crippen molar-refractivity contribution >= 4 is 12.2 Å². The van der Waals surface area contributed by atoms with E-state index in [2.05, 4.69) is 36.5 Å². The first-order valence-electron chi connectivity index (χ1n) is 5.91. The first-order valence-corrected chi connectivity index (χ1v) is 6.32. The van der Waals surface area contributed by atoms with E-state index in [9.17, 15) is 0 Å². The molecule has 1 aromatic rings. The summed E-state index contributed by atoms with van der Waals surface area (Å²) in [4.78, 5) is 3.20. The van der Waals surface area contributed by atoms with Gasteiger partial charge in [0.1, 0.15) is 0 Å². The maximum Gasteiger partial charge on any atom is 0.177 e. The molecule has 84 valence electrons. The van der Waals surface area contributed by atoms with Crippen LogP contribution in [0.25, 0.3) is 0 Å². The van der Waals surface area contributed by atoms with E-state index in [0.29, 0.717) is 11.5 Å². The molecule has 0 amide bonds. The number of hydrogen-bond acceptors (Lipinski definition) is 1. The van der Waals surface area contributed by atoms with E-state index in [1.54, 1.807) is 0 Å². The van der Waals surface area contributed by atoms with E-state index in [1.807, 2.05) is 0 Å². The van der Waals surface area contributed by atoms with Crippen LogP contribution in [0.5, 0.6) is 0 Å². The summed E-state index contributed by atoms with van der Waals surface area (Å²) in [6.45, 7) is 6.74. The number of nitrogens with one attached hydrogen (secondary N) is 1. The molecule has 2 nitrogen and oxygen atoms in total. The van der Waals surface area contributed by atoms with Crippen LogP contribution >= 0.6 is 12.2 Å². The van der Waals surface area contributed by atoms with E-state index in [1.165, 1.54) is 31.4 Å². The van der Waals surface area contributed by atoms with Crippen molar-refractivity contribution in [2.75, 3.05) is 0 Å². The van der Waals surface area contributed by atoms with E-state index >= 15 is 0 Å². The van der Waals surface area contributed by atoms with E-state index in [4.69, 9.17) is 12.2 Å². The summed E-state index contributed by atoms with van der Waals surface area (Å²) in [5, 5.41) is 0. The lowest BCUT2D eigenvalue weighted by atomic mass is 9.74. The van der Waals surface area contributed by atoms with Gasteiger partial charge in [0, 0.05) is 17.4 Å². The molecule has 0 radical (unpaired) electrons. The summed E-state index contributed by atoms with van der Waals surface area (Å²) in [5.74, 6) is 0.543. The summed E-state index contributed by atoms with van der Waals surface area (Å²) in [5.41, 5.74) is 1.69. The first-order chi connectivity index (χ1) is 7.10. The average molecular weight is 224 g/mol. The minimum atomic E-state index is 0.330. The van der Waals surface area contributed by atoms with Crippen molar-refractivity contribution in [2.24, 2.45) is 0 Å². The highest BCUT2D eigenvalue weighted by molar-refractivity contribution is 7.71. The Morgan fingerprint density at radius 2 is 2.20 bits per heavy atom. The number of imidazole rings is 1. The van der Waals surface area contributed by atoms with Gasteiger partial charge in [-0.1, -0.05) is 20.8 Å². The molecule has 1 saturated carbocycles. The van der Waals surface area contributed by atoms with Gasteiger partial charge in [-0.3, -0.25) is 0 Å². The van der Waals surface area contributed by atoms with Crippen LogP contribution in [0.15, 0.2) is 6.20 Å². The predicted octanol–water partition coefficient (Wildman–Crippen LogP) is 3.96. The molecular weight excluding hydrogens is 204 g/mol. The first kappa shape index (κ1) is 10.9. The summed E-state index contributed by atoms with van der Waals surface area (Å²) in [6.07, 6.45) is 7.20. The Bertz CT molecular complexity index is 390. The van der Waals surface area contributed by atoms with Crippen molar-refractivity contribution < 1.29 is 0 Å². The fraction of sp³-hybridized carbons (Fsp3) is 0.750. The van der Waals surface area contributed by atoms with Crippen LogP contribution in [0.4, 0.5) is 0 Å². The van der Waals surface area contributed by atoms with Gasteiger partial charge < -0.3 is 9.55 Å². The van der Waals surface area contributed by atoms with E-state index in [-0.39, 0.29) is 0 Å². The molecule has 1 aliphatic carbocycles. The van der Waals surface area contributed by atoms with Crippen molar-refractivity contribution in [2.45, 2.75) is 57.9 Å². The monoisotopic (exact) mass is 224 g/mol. The van der Waals surface area contributed by atoms with Crippen LogP contribution < -0.4 is 0 Å². The number of aromatic nitrogens is 2. The maximum atomic E-state index is 5.41. The molecule has 1 aromatic heterocycles. The topological polar surface area (TPSA) is 20.7 Å². The van der Waals surface area contributed by atoms with Crippen LogP contribution in [0, 0.1) is 4.77 Å². The number of aromatic amines is 1. The van der Waals surface area contributed by atoms with Crippen molar-refractivity contribution in [3.8, 4) is 0 Å². The normalized spacial score (nSPS) is 19.2. The van der Waals surface area contributed by atoms with Crippen LogP contribution in [-0.2, 0) is 5.54 Å². The second-order valence-electron chi connectivity index (χ2n) is 4.94. The molecule has 1 N–H and O–H groups in total. The molecular formula is C12H20N2S. The maximum absolute atomic E-state index is 5.41. The Morgan fingerprint density at radius 3 is 2.60 bits per heavy atom. The second-order valence-corrected chi connectivity index (χ2v) is 5.33. The molecule has 0 aliphatic heterocycles. The van der Waals surface area contributed by atoms with Gasteiger partial charge >= 0.3 is 0 Å². The number of hydrogen-bond donors (Lipinski definition) is 1. The van der Waals surface area contributed by atoms with Gasteiger partial charge in [-0.2, -0.15) is 0 Å². The molecule has 0 unspecified atom stereocenters. The molecule has 3 heteroatoms. The summed E-state index contributed by atoms with van der Waals surface area (Å²) < 4.78 is 3.29. The van der Waals surface area contributed by atoms with Crippen LogP contribution in [-0.4, -0.2) is 9.55 Å². The van der Waals surface area contributed by atoms with Gasteiger partial charge in [-0.25, -0.2) is 0 Å². The largest absolute Gasteiger partial charge is 0.337 e. The second kappa shape index (κ2) is 3.78. The highest BCUT2D eigenvalue weighted by atomic mass is 32.1. The smallest absolute Gasteiger partial charge is 0.177 e. The summed E-state index contributed by atoms with van der Waals surface area (Å²) in [6, 6.07) is 0. The van der Waals surface area contributed by atoms with Crippen molar-refractivity contribution in [3.05, 3.63) is 16.7 Å². The molecule has 2 rings (SSSR count). The Morgan fingerprint density at radius 1 is 1.53 bits per heavy atom. The zero-order chi connectivity index (χ0) is 11.1. The van der Waals surface area contributed by atoms with Crippen molar-refractivity contribution in [1.29, 1.82) is 0 Å². The Kier molecular flexibility index (Phi) is 2.75. The molecule has 0 aromatic carbocycles. The highest BCUT2D eigenvalue weighted by Crippen LogP contribution is 2.43. The van der Waals surface area contributed by atoms with Gasteiger partial charge in [0.05, 0.1) is 0 Å².